The van der Waals surface area contributed by atoms with Gasteiger partial charge in [0.25, 0.3) is 5.69 Å². The Morgan fingerprint density at radius 2 is 2.10 bits per heavy atom. The maximum atomic E-state index is 10.8. The summed E-state index contributed by atoms with van der Waals surface area (Å²) in [5, 5.41) is 14.4. The lowest BCUT2D eigenvalue weighted by Crippen LogP contribution is -2.41. The minimum Gasteiger partial charge on any atom is -0.357 e. The second-order valence-corrected chi connectivity index (χ2v) is 6.06. The highest BCUT2D eigenvalue weighted by molar-refractivity contribution is 5.47. The fourth-order valence-corrected chi connectivity index (χ4v) is 3.55. The number of nitrogens with zero attached hydrogens (tertiary/aromatic N) is 3. The highest BCUT2D eigenvalue weighted by Crippen LogP contribution is 2.28. The SMILES string of the molecule is Cc1nc(N2CCC(C3CCCN3)CC2)ccc1[N+](=O)[O-]. The summed E-state index contributed by atoms with van der Waals surface area (Å²) in [5.74, 6) is 1.64. The van der Waals surface area contributed by atoms with Crippen molar-refractivity contribution in [2.45, 2.75) is 38.6 Å². The molecule has 2 aliphatic rings. The predicted molar refractivity (Wildman–Crippen MR) is 81.6 cm³/mol. The van der Waals surface area contributed by atoms with E-state index in [0.29, 0.717) is 11.7 Å². The van der Waals surface area contributed by atoms with Gasteiger partial charge in [-0.2, -0.15) is 0 Å². The largest absolute Gasteiger partial charge is 0.357 e. The fourth-order valence-electron chi connectivity index (χ4n) is 3.55. The Bertz CT molecular complexity index is 520. The van der Waals surface area contributed by atoms with E-state index in [9.17, 15) is 10.1 Å². The molecular formula is C15H22N4O2. The van der Waals surface area contributed by atoms with E-state index in [4.69, 9.17) is 0 Å². The topological polar surface area (TPSA) is 71.3 Å². The van der Waals surface area contributed by atoms with Gasteiger partial charge in [0.2, 0.25) is 0 Å². The van der Waals surface area contributed by atoms with Crippen LogP contribution in [0.4, 0.5) is 11.5 Å². The molecule has 0 amide bonds. The molecular weight excluding hydrogens is 268 g/mol. The van der Waals surface area contributed by atoms with Gasteiger partial charge in [-0.25, -0.2) is 4.98 Å². The van der Waals surface area contributed by atoms with Crippen LogP contribution in [0.15, 0.2) is 12.1 Å². The quantitative estimate of drug-likeness (QED) is 0.683. The Hall–Kier alpha value is -1.69. The van der Waals surface area contributed by atoms with Crippen LogP contribution in [-0.4, -0.2) is 35.6 Å². The molecule has 3 heterocycles. The zero-order chi connectivity index (χ0) is 14.8. The number of anilines is 1. The van der Waals surface area contributed by atoms with Crippen LogP contribution in [0.5, 0.6) is 0 Å². The number of nitrogens with one attached hydrogen (secondary N) is 1. The van der Waals surface area contributed by atoms with Crippen molar-refractivity contribution in [3.63, 3.8) is 0 Å². The van der Waals surface area contributed by atoms with Crippen LogP contribution in [0.2, 0.25) is 0 Å². The normalized spacial score (nSPS) is 23.5. The van der Waals surface area contributed by atoms with Crippen molar-refractivity contribution in [2.24, 2.45) is 5.92 Å². The monoisotopic (exact) mass is 290 g/mol. The first-order chi connectivity index (χ1) is 10.1. The van der Waals surface area contributed by atoms with Gasteiger partial charge in [-0.15, -0.1) is 0 Å². The zero-order valence-electron chi connectivity index (χ0n) is 12.4. The van der Waals surface area contributed by atoms with E-state index in [1.54, 1.807) is 19.1 Å². The van der Waals surface area contributed by atoms with Gasteiger partial charge in [-0.1, -0.05) is 0 Å². The maximum Gasteiger partial charge on any atom is 0.290 e. The van der Waals surface area contributed by atoms with E-state index in [1.807, 2.05) is 0 Å². The average Bonchev–Trinajstić information content (AvgIpc) is 3.01. The second kappa shape index (κ2) is 5.97. The first kappa shape index (κ1) is 14.3. The molecule has 0 spiro atoms. The number of aryl methyl sites for hydroxylation is 1. The second-order valence-electron chi connectivity index (χ2n) is 6.06. The Balaban J connectivity index is 1.64. The van der Waals surface area contributed by atoms with Crippen molar-refractivity contribution in [2.75, 3.05) is 24.5 Å². The maximum absolute atomic E-state index is 10.8. The summed E-state index contributed by atoms with van der Waals surface area (Å²) in [5.41, 5.74) is 0.598. The number of hydrogen-bond donors (Lipinski definition) is 1. The predicted octanol–water partition coefficient (Wildman–Crippen LogP) is 2.27. The van der Waals surface area contributed by atoms with Crippen molar-refractivity contribution >= 4 is 11.5 Å². The summed E-state index contributed by atoms with van der Waals surface area (Å²) < 4.78 is 0. The standard InChI is InChI=1S/C15H22N4O2/c1-11-14(19(20)21)4-5-15(17-11)18-9-6-12(7-10-18)13-3-2-8-16-13/h4-5,12-13,16H,2-3,6-10H2,1H3. The molecule has 114 valence electrons. The number of rotatable bonds is 3. The molecule has 6 nitrogen and oxygen atoms in total. The molecule has 2 fully saturated rings. The molecule has 6 heteroatoms. The van der Waals surface area contributed by atoms with Gasteiger partial charge in [-0.05, 0) is 51.1 Å². The van der Waals surface area contributed by atoms with Crippen LogP contribution in [0.1, 0.15) is 31.4 Å². The van der Waals surface area contributed by atoms with Crippen LogP contribution in [0.3, 0.4) is 0 Å². The van der Waals surface area contributed by atoms with Crippen molar-refractivity contribution in [1.82, 2.24) is 10.3 Å². The zero-order valence-corrected chi connectivity index (χ0v) is 12.4. The van der Waals surface area contributed by atoms with E-state index < -0.39 is 0 Å². The third-order valence-corrected chi connectivity index (χ3v) is 4.77. The van der Waals surface area contributed by atoms with Gasteiger partial charge in [0.05, 0.1) is 4.92 Å². The molecule has 1 N–H and O–H groups in total. The first-order valence-corrected chi connectivity index (χ1v) is 7.75. The Morgan fingerprint density at radius 1 is 1.33 bits per heavy atom. The molecule has 0 bridgehead atoms. The third kappa shape index (κ3) is 3.00. The van der Waals surface area contributed by atoms with E-state index >= 15 is 0 Å². The number of hydrogen-bond acceptors (Lipinski definition) is 5. The molecule has 21 heavy (non-hydrogen) atoms. The molecule has 1 unspecified atom stereocenters. The van der Waals surface area contributed by atoms with Crippen LogP contribution in [-0.2, 0) is 0 Å². The van der Waals surface area contributed by atoms with Crippen molar-refractivity contribution in [3.05, 3.63) is 27.9 Å². The molecule has 3 rings (SSSR count). The van der Waals surface area contributed by atoms with Crippen molar-refractivity contribution in [1.29, 1.82) is 0 Å². The summed E-state index contributed by atoms with van der Waals surface area (Å²) >= 11 is 0. The minimum absolute atomic E-state index is 0.101. The lowest BCUT2D eigenvalue weighted by atomic mass is 9.88. The summed E-state index contributed by atoms with van der Waals surface area (Å²) in [7, 11) is 0. The van der Waals surface area contributed by atoms with Crippen LogP contribution >= 0.6 is 0 Å². The first-order valence-electron chi connectivity index (χ1n) is 7.75. The lowest BCUT2D eigenvalue weighted by molar-refractivity contribution is -0.385. The number of aromatic nitrogens is 1. The molecule has 0 aromatic carbocycles. The number of nitro groups is 1. The summed E-state index contributed by atoms with van der Waals surface area (Å²) in [4.78, 5) is 17.1. The molecule has 0 aliphatic carbocycles. The highest BCUT2D eigenvalue weighted by Gasteiger charge is 2.29. The fraction of sp³-hybridized carbons (Fsp3) is 0.667. The lowest BCUT2D eigenvalue weighted by Gasteiger charge is -2.35. The minimum atomic E-state index is -0.371. The van der Waals surface area contributed by atoms with Gasteiger partial charge in [-0.3, -0.25) is 10.1 Å². The van der Waals surface area contributed by atoms with Gasteiger partial charge in [0.1, 0.15) is 11.5 Å². The van der Waals surface area contributed by atoms with Gasteiger partial charge in [0, 0.05) is 25.2 Å². The Kier molecular flexibility index (Phi) is 4.05. The van der Waals surface area contributed by atoms with Gasteiger partial charge >= 0.3 is 0 Å². The summed E-state index contributed by atoms with van der Waals surface area (Å²) in [6, 6.07) is 4.04. The molecule has 0 saturated carbocycles. The molecule has 2 saturated heterocycles. The molecule has 0 radical (unpaired) electrons. The number of pyridine rings is 1. The molecule has 1 atom stereocenters. The molecule has 1 aromatic rings. The van der Waals surface area contributed by atoms with Crippen LogP contribution in [0, 0.1) is 23.0 Å². The van der Waals surface area contributed by atoms with E-state index in [-0.39, 0.29) is 10.6 Å². The van der Waals surface area contributed by atoms with Crippen LogP contribution in [0.25, 0.3) is 0 Å². The summed E-state index contributed by atoms with van der Waals surface area (Å²) in [6.07, 6.45) is 4.96. The van der Waals surface area contributed by atoms with E-state index in [1.165, 1.54) is 25.7 Å². The van der Waals surface area contributed by atoms with E-state index in [0.717, 1.165) is 31.4 Å². The summed E-state index contributed by atoms with van der Waals surface area (Å²) in [6.45, 7) is 4.85. The smallest absolute Gasteiger partial charge is 0.290 e. The Labute approximate surface area is 124 Å². The number of piperidine rings is 1. The van der Waals surface area contributed by atoms with E-state index in [2.05, 4.69) is 15.2 Å². The van der Waals surface area contributed by atoms with Crippen LogP contribution < -0.4 is 10.2 Å². The average molecular weight is 290 g/mol. The molecule has 2 aliphatic heterocycles. The van der Waals surface area contributed by atoms with Gasteiger partial charge < -0.3 is 10.2 Å². The van der Waals surface area contributed by atoms with Crippen molar-refractivity contribution < 1.29 is 4.92 Å². The van der Waals surface area contributed by atoms with Gasteiger partial charge in [0.15, 0.2) is 0 Å². The Morgan fingerprint density at radius 3 is 2.67 bits per heavy atom. The highest BCUT2D eigenvalue weighted by atomic mass is 16.6. The third-order valence-electron chi connectivity index (χ3n) is 4.77. The molecule has 1 aromatic heterocycles. The van der Waals surface area contributed by atoms with Crippen molar-refractivity contribution in [3.8, 4) is 0 Å².